The van der Waals surface area contributed by atoms with E-state index in [2.05, 4.69) is 19.9 Å². The van der Waals surface area contributed by atoms with E-state index in [9.17, 15) is 12.8 Å². The third-order valence-electron chi connectivity index (χ3n) is 4.29. The van der Waals surface area contributed by atoms with Crippen LogP contribution >= 0.6 is 0 Å². The first kappa shape index (κ1) is 20.5. The molecule has 31 heavy (non-hydrogen) atoms. The van der Waals surface area contributed by atoms with Gasteiger partial charge in [0, 0.05) is 24.1 Å². The second kappa shape index (κ2) is 8.52. The molecule has 158 valence electrons. The normalized spacial score (nSPS) is 11.3. The van der Waals surface area contributed by atoms with Gasteiger partial charge in [-0.15, -0.1) is 10.2 Å². The van der Waals surface area contributed by atoms with E-state index in [0.717, 1.165) is 5.82 Å². The van der Waals surface area contributed by atoms with E-state index >= 15 is 0 Å². The Bertz CT molecular complexity index is 1290. The molecule has 2 heterocycles. The van der Waals surface area contributed by atoms with Crippen molar-refractivity contribution >= 4 is 15.7 Å². The van der Waals surface area contributed by atoms with Crippen LogP contribution in [0, 0.1) is 12.7 Å². The molecule has 0 fully saturated rings. The molecular weight excluding hydrogens is 421 g/mol. The SMILES string of the molecule is Cc1nccn1-c1ccc(Oc2ccc(NS(=O)(=O)Cc3cccc(F)c3)cc2)nn1. The number of ether oxygens (including phenoxy) is 1. The molecule has 0 saturated carbocycles. The Kier molecular flexibility index (Phi) is 5.63. The lowest BCUT2D eigenvalue weighted by molar-refractivity contribution is 0.454. The van der Waals surface area contributed by atoms with Crippen LogP contribution in [-0.4, -0.2) is 28.2 Å². The second-order valence-corrected chi connectivity index (χ2v) is 8.41. The molecule has 8 nitrogen and oxygen atoms in total. The molecule has 0 aliphatic heterocycles. The Balaban J connectivity index is 1.39. The Morgan fingerprint density at radius 2 is 1.87 bits per heavy atom. The summed E-state index contributed by atoms with van der Waals surface area (Å²) < 4.78 is 47.8. The topological polar surface area (TPSA) is 99.0 Å². The fraction of sp³-hybridized carbons (Fsp3) is 0.0952. The first-order valence-corrected chi connectivity index (χ1v) is 10.9. The maximum absolute atomic E-state index is 13.3. The number of nitrogens with one attached hydrogen (secondary N) is 1. The summed E-state index contributed by atoms with van der Waals surface area (Å²) >= 11 is 0. The van der Waals surface area contributed by atoms with Crippen LogP contribution in [0.15, 0.2) is 73.1 Å². The first-order chi connectivity index (χ1) is 14.9. The van der Waals surface area contributed by atoms with Crippen LogP contribution in [0.5, 0.6) is 11.6 Å². The van der Waals surface area contributed by atoms with E-state index in [1.807, 2.05) is 6.92 Å². The third kappa shape index (κ3) is 5.23. The monoisotopic (exact) mass is 439 g/mol. The van der Waals surface area contributed by atoms with Gasteiger partial charge in [0.1, 0.15) is 17.4 Å². The van der Waals surface area contributed by atoms with Gasteiger partial charge in [0.25, 0.3) is 0 Å². The second-order valence-electron chi connectivity index (χ2n) is 6.69. The van der Waals surface area contributed by atoms with Gasteiger partial charge in [0.2, 0.25) is 15.9 Å². The van der Waals surface area contributed by atoms with Crippen LogP contribution in [0.1, 0.15) is 11.4 Å². The van der Waals surface area contributed by atoms with Gasteiger partial charge >= 0.3 is 0 Å². The summed E-state index contributed by atoms with van der Waals surface area (Å²) in [6, 6.07) is 15.3. The maximum Gasteiger partial charge on any atom is 0.238 e. The molecular formula is C21H18FN5O3S. The molecule has 0 aliphatic carbocycles. The summed E-state index contributed by atoms with van der Waals surface area (Å²) in [4.78, 5) is 4.14. The summed E-state index contributed by atoms with van der Waals surface area (Å²) in [5.41, 5.74) is 0.723. The number of nitrogens with zero attached hydrogens (tertiary/aromatic N) is 4. The molecule has 0 atom stereocenters. The van der Waals surface area contributed by atoms with E-state index in [0.29, 0.717) is 28.7 Å². The van der Waals surface area contributed by atoms with Crippen LogP contribution in [0.2, 0.25) is 0 Å². The average Bonchev–Trinajstić information content (AvgIpc) is 3.15. The van der Waals surface area contributed by atoms with E-state index in [1.165, 1.54) is 18.2 Å². The predicted molar refractivity (Wildman–Crippen MR) is 113 cm³/mol. The Labute approximate surface area is 178 Å². The summed E-state index contributed by atoms with van der Waals surface area (Å²) in [5, 5.41) is 8.16. The van der Waals surface area contributed by atoms with Crippen molar-refractivity contribution < 1.29 is 17.5 Å². The lowest BCUT2D eigenvalue weighted by atomic mass is 10.2. The van der Waals surface area contributed by atoms with Crippen molar-refractivity contribution in [1.29, 1.82) is 0 Å². The van der Waals surface area contributed by atoms with E-state index in [4.69, 9.17) is 4.74 Å². The van der Waals surface area contributed by atoms with Gasteiger partial charge in [0.05, 0.1) is 5.75 Å². The summed E-state index contributed by atoms with van der Waals surface area (Å²) in [6.07, 6.45) is 3.46. The molecule has 4 rings (SSSR count). The predicted octanol–water partition coefficient (Wildman–Crippen LogP) is 3.84. The van der Waals surface area contributed by atoms with Crippen LogP contribution < -0.4 is 9.46 Å². The number of sulfonamides is 1. The Hall–Kier alpha value is -3.79. The molecule has 10 heteroatoms. The lowest BCUT2D eigenvalue weighted by Gasteiger charge is -2.10. The minimum Gasteiger partial charge on any atom is -0.438 e. The van der Waals surface area contributed by atoms with Gasteiger partial charge in [-0.05, 0) is 55.0 Å². The van der Waals surface area contributed by atoms with Gasteiger partial charge < -0.3 is 4.74 Å². The molecule has 0 spiro atoms. The van der Waals surface area contributed by atoms with Crippen molar-refractivity contribution in [3.63, 3.8) is 0 Å². The highest BCUT2D eigenvalue weighted by Gasteiger charge is 2.13. The highest BCUT2D eigenvalue weighted by molar-refractivity contribution is 7.91. The molecule has 0 amide bonds. The molecule has 0 aliphatic rings. The fourth-order valence-corrected chi connectivity index (χ4v) is 4.08. The number of imidazole rings is 1. The molecule has 0 saturated heterocycles. The molecule has 0 radical (unpaired) electrons. The third-order valence-corrected chi connectivity index (χ3v) is 5.55. The number of anilines is 1. The van der Waals surface area contributed by atoms with Gasteiger partial charge in [-0.3, -0.25) is 9.29 Å². The minimum absolute atomic E-state index is 0.293. The fourth-order valence-electron chi connectivity index (χ4n) is 2.89. The zero-order valence-corrected chi connectivity index (χ0v) is 17.3. The lowest BCUT2D eigenvalue weighted by Crippen LogP contribution is -2.15. The van der Waals surface area contributed by atoms with Crippen molar-refractivity contribution in [2.45, 2.75) is 12.7 Å². The number of benzene rings is 2. The number of halogens is 1. The number of aryl methyl sites for hydroxylation is 1. The average molecular weight is 439 g/mol. The molecule has 2 aromatic carbocycles. The Morgan fingerprint density at radius 1 is 1.06 bits per heavy atom. The van der Waals surface area contributed by atoms with E-state index in [-0.39, 0.29) is 5.75 Å². The van der Waals surface area contributed by atoms with Crippen molar-refractivity contribution in [3.05, 3.63) is 90.3 Å². The van der Waals surface area contributed by atoms with E-state index in [1.54, 1.807) is 59.4 Å². The number of rotatable bonds is 7. The Morgan fingerprint density at radius 3 is 2.52 bits per heavy atom. The standard InChI is InChI=1S/C21H18FN5O3S/c1-15-23-11-12-27(15)20-9-10-21(25-24-20)30-19-7-5-18(6-8-19)26-31(28,29)14-16-3-2-4-17(22)13-16/h2-13,26H,14H2,1H3. The zero-order chi connectivity index (χ0) is 21.8. The number of hydrogen-bond acceptors (Lipinski definition) is 6. The number of aromatic nitrogens is 4. The first-order valence-electron chi connectivity index (χ1n) is 9.25. The van der Waals surface area contributed by atoms with E-state index < -0.39 is 15.8 Å². The molecule has 1 N–H and O–H groups in total. The molecule has 2 aromatic heterocycles. The van der Waals surface area contributed by atoms with Gasteiger partial charge in [-0.25, -0.2) is 17.8 Å². The van der Waals surface area contributed by atoms with Crippen LogP contribution in [0.3, 0.4) is 0 Å². The van der Waals surface area contributed by atoms with Gasteiger partial charge in [-0.2, -0.15) is 0 Å². The van der Waals surface area contributed by atoms with Crippen molar-refractivity contribution in [2.24, 2.45) is 0 Å². The zero-order valence-electron chi connectivity index (χ0n) is 16.4. The smallest absolute Gasteiger partial charge is 0.238 e. The number of hydrogen-bond donors (Lipinski definition) is 1. The summed E-state index contributed by atoms with van der Waals surface area (Å²) in [7, 11) is -3.69. The van der Waals surface area contributed by atoms with Crippen molar-refractivity contribution in [2.75, 3.05) is 4.72 Å². The van der Waals surface area contributed by atoms with Crippen molar-refractivity contribution in [3.8, 4) is 17.4 Å². The van der Waals surface area contributed by atoms with Crippen LogP contribution in [-0.2, 0) is 15.8 Å². The minimum atomic E-state index is -3.69. The van der Waals surface area contributed by atoms with Crippen LogP contribution in [0.25, 0.3) is 5.82 Å². The molecule has 4 aromatic rings. The van der Waals surface area contributed by atoms with Crippen LogP contribution in [0.4, 0.5) is 10.1 Å². The maximum atomic E-state index is 13.3. The highest BCUT2D eigenvalue weighted by Crippen LogP contribution is 2.22. The molecule has 0 unspecified atom stereocenters. The quantitative estimate of drug-likeness (QED) is 0.470. The summed E-state index contributed by atoms with van der Waals surface area (Å²) in [6.45, 7) is 1.86. The van der Waals surface area contributed by atoms with Gasteiger partial charge in [0.15, 0.2) is 5.82 Å². The summed E-state index contributed by atoms with van der Waals surface area (Å²) in [5.74, 6) is 1.35. The van der Waals surface area contributed by atoms with Gasteiger partial charge in [-0.1, -0.05) is 12.1 Å². The largest absolute Gasteiger partial charge is 0.438 e. The highest BCUT2D eigenvalue weighted by atomic mass is 32.2. The van der Waals surface area contributed by atoms with Crippen molar-refractivity contribution in [1.82, 2.24) is 19.7 Å². The molecule has 0 bridgehead atoms.